The van der Waals surface area contributed by atoms with Gasteiger partial charge in [0.05, 0.1) is 54.7 Å². The fourth-order valence-electron chi connectivity index (χ4n) is 11.5. The molecule has 5 saturated heterocycles. The van der Waals surface area contributed by atoms with E-state index in [0.29, 0.717) is 31.8 Å². The first-order valence-electron chi connectivity index (χ1n) is 27.3. The molecule has 0 aromatic heterocycles. The molecule has 21 heteroatoms. The fourth-order valence-corrected chi connectivity index (χ4v) is 11.5. The van der Waals surface area contributed by atoms with Crippen molar-refractivity contribution in [3.8, 4) is 0 Å². The highest BCUT2D eigenvalue weighted by molar-refractivity contribution is 5.92. The van der Waals surface area contributed by atoms with Crippen LogP contribution in [0.2, 0.25) is 0 Å². The molecule has 1 unspecified atom stereocenters. The maximum Gasteiger partial charge on any atom is 0.410 e. The van der Waals surface area contributed by atoms with E-state index < -0.39 is 145 Å². The van der Waals surface area contributed by atoms with Crippen LogP contribution in [-0.2, 0) is 71.3 Å². The smallest absolute Gasteiger partial charge is 0.410 e. The molecule has 432 valence electrons. The van der Waals surface area contributed by atoms with Gasteiger partial charge in [-0.2, -0.15) is 0 Å². The number of ether oxygens (including phenoxy) is 11. The number of nitrogens with zero attached hydrogens (tertiary/aromatic N) is 3. The van der Waals surface area contributed by atoms with Gasteiger partial charge in [-0.1, -0.05) is 53.6 Å². The number of methoxy groups -OCH3 is 2. The molecule has 0 aromatic carbocycles. The van der Waals surface area contributed by atoms with E-state index >= 15 is 9.59 Å². The summed E-state index contributed by atoms with van der Waals surface area (Å²) < 4.78 is 70.3. The summed E-state index contributed by atoms with van der Waals surface area (Å²) in [5, 5.41) is 26.8. The second kappa shape index (κ2) is 27.7. The number of aliphatic hydroxyl groups excluding tert-OH is 2. The molecular formula is C54H93N3O18. The van der Waals surface area contributed by atoms with Crippen LogP contribution in [0.15, 0.2) is 5.16 Å². The SMILES string of the molecule is CON=C1C[C@@H](C)O[C@@H](O[C@@H]2[C@@H](C)[C@H](O[C@H]3CC(C)N(C)C[C@H](C)O3)[C@@H](C)C(=O)O[C@H]([C@@H](C)CO[C@@H]3O[C@H](C)[C@@H](O)[C@@H](OC)[C@H]3OC)[C@H](C)[C@@H](OC(=O)CC(C)C)[C@@H](C)C(=O)[C@@](C)(OC(=O)N3CCC3)C[C@@H]2C)[C@@H]1O. The highest BCUT2D eigenvalue weighted by Crippen LogP contribution is 2.41. The Morgan fingerprint density at radius 3 is 2.08 bits per heavy atom. The molecule has 0 radical (unpaired) electrons. The Morgan fingerprint density at radius 2 is 1.48 bits per heavy atom. The Bertz CT molecular complexity index is 1890. The Morgan fingerprint density at radius 1 is 0.813 bits per heavy atom. The zero-order chi connectivity index (χ0) is 55.8. The lowest BCUT2D eigenvalue weighted by molar-refractivity contribution is -0.305. The molecule has 5 heterocycles. The largest absolute Gasteiger partial charge is 0.461 e. The molecule has 0 saturated carbocycles. The van der Waals surface area contributed by atoms with Crippen LogP contribution in [0, 0.1) is 41.4 Å². The molecule has 0 aromatic rings. The summed E-state index contributed by atoms with van der Waals surface area (Å²) in [6.45, 7) is 25.0. The molecule has 21 nitrogen and oxygen atoms in total. The van der Waals surface area contributed by atoms with Gasteiger partial charge in [-0.3, -0.25) is 14.4 Å². The highest BCUT2D eigenvalue weighted by atomic mass is 16.7. The van der Waals surface area contributed by atoms with Gasteiger partial charge in [0.1, 0.15) is 43.7 Å². The van der Waals surface area contributed by atoms with Gasteiger partial charge in [0.25, 0.3) is 0 Å². The first-order chi connectivity index (χ1) is 35.2. The summed E-state index contributed by atoms with van der Waals surface area (Å²) in [5.41, 5.74) is -1.56. The topological polar surface area (TPSA) is 238 Å². The number of hydrogen-bond donors (Lipinski definition) is 2. The number of likely N-dealkylation sites (tertiary alicyclic amines) is 1. The minimum absolute atomic E-state index is 0.0280. The van der Waals surface area contributed by atoms with Crippen LogP contribution in [-0.4, -0.2) is 202 Å². The lowest BCUT2D eigenvalue weighted by Gasteiger charge is -2.45. The van der Waals surface area contributed by atoms with E-state index in [1.165, 1.54) is 26.2 Å². The number of likely N-dealkylation sites (N-methyl/N-ethyl adjacent to an activating group) is 1. The van der Waals surface area contributed by atoms with Crippen LogP contribution >= 0.6 is 0 Å². The molecule has 75 heavy (non-hydrogen) atoms. The van der Waals surface area contributed by atoms with Crippen LogP contribution in [0.4, 0.5) is 4.79 Å². The van der Waals surface area contributed by atoms with E-state index in [0.717, 1.165) is 6.42 Å². The third kappa shape index (κ3) is 15.6. The number of aliphatic hydroxyl groups is 2. The Hall–Kier alpha value is -3.09. The molecule has 5 rings (SSSR count). The van der Waals surface area contributed by atoms with Gasteiger partial charge in [-0.05, 0) is 73.3 Å². The van der Waals surface area contributed by atoms with Gasteiger partial charge in [0, 0.05) is 76.9 Å². The lowest BCUT2D eigenvalue weighted by atomic mass is 9.74. The highest BCUT2D eigenvalue weighted by Gasteiger charge is 2.53. The number of carbonyl (C=O) groups is 4. The van der Waals surface area contributed by atoms with Crippen molar-refractivity contribution in [3.63, 3.8) is 0 Å². The third-order valence-corrected chi connectivity index (χ3v) is 16.0. The van der Waals surface area contributed by atoms with Crippen LogP contribution in [0.3, 0.4) is 0 Å². The number of hydrogen-bond acceptors (Lipinski definition) is 20. The van der Waals surface area contributed by atoms with Crippen LogP contribution < -0.4 is 0 Å². The van der Waals surface area contributed by atoms with Crippen molar-refractivity contribution in [3.05, 3.63) is 0 Å². The second-order valence-corrected chi connectivity index (χ2v) is 23.0. The van der Waals surface area contributed by atoms with Crippen LogP contribution in [0.1, 0.15) is 122 Å². The predicted molar refractivity (Wildman–Crippen MR) is 273 cm³/mol. The molecule has 0 bridgehead atoms. The average molecular weight is 1070 g/mol. The molecule has 0 spiro atoms. The second-order valence-electron chi connectivity index (χ2n) is 23.0. The van der Waals surface area contributed by atoms with Gasteiger partial charge in [0.15, 0.2) is 30.3 Å². The summed E-state index contributed by atoms with van der Waals surface area (Å²) in [6, 6.07) is 0.0280. The number of esters is 2. The molecule has 1 amide bonds. The summed E-state index contributed by atoms with van der Waals surface area (Å²) in [6.07, 6.45) is -12.1. The van der Waals surface area contributed by atoms with E-state index in [2.05, 4.69) is 17.0 Å². The van der Waals surface area contributed by atoms with E-state index in [1.54, 1.807) is 34.6 Å². The predicted octanol–water partition coefficient (Wildman–Crippen LogP) is 5.12. The van der Waals surface area contributed by atoms with Crippen molar-refractivity contribution in [2.75, 3.05) is 54.6 Å². The maximum atomic E-state index is 15.7. The number of carbonyl (C=O) groups excluding carboxylic acids is 4. The van der Waals surface area contributed by atoms with Crippen molar-refractivity contribution in [1.82, 2.24) is 9.80 Å². The fraction of sp³-hybridized carbons (Fsp3) is 0.907. The molecular weight excluding hydrogens is 979 g/mol. The molecule has 22 atom stereocenters. The normalized spacial score (nSPS) is 42.0. The number of oxime groups is 1. The lowest BCUT2D eigenvalue weighted by Crippen LogP contribution is -2.59. The molecule has 5 aliphatic heterocycles. The zero-order valence-electron chi connectivity index (χ0n) is 47.8. The summed E-state index contributed by atoms with van der Waals surface area (Å²) in [7, 11) is 6.32. The third-order valence-electron chi connectivity index (χ3n) is 16.0. The number of cyclic esters (lactones) is 1. The molecule has 5 aliphatic rings. The van der Waals surface area contributed by atoms with Crippen molar-refractivity contribution in [2.45, 2.75) is 220 Å². The van der Waals surface area contributed by atoms with Crippen molar-refractivity contribution in [2.24, 2.45) is 46.6 Å². The molecule has 5 fully saturated rings. The first kappa shape index (κ1) is 62.7. The Kier molecular flexibility index (Phi) is 23.2. The summed E-state index contributed by atoms with van der Waals surface area (Å²) >= 11 is 0. The van der Waals surface area contributed by atoms with Crippen LogP contribution in [0.5, 0.6) is 0 Å². The van der Waals surface area contributed by atoms with E-state index in [1.807, 2.05) is 55.5 Å². The van der Waals surface area contributed by atoms with Crippen molar-refractivity contribution < 1.29 is 86.3 Å². The van der Waals surface area contributed by atoms with E-state index in [9.17, 15) is 19.8 Å². The Labute approximate surface area is 445 Å². The van der Waals surface area contributed by atoms with E-state index in [4.69, 9.17) is 56.9 Å². The number of ketones is 1. The van der Waals surface area contributed by atoms with Gasteiger partial charge >= 0.3 is 18.0 Å². The van der Waals surface area contributed by atoms with Gasteiger partial charge in [-0.15, -0.1) is 0 Å². The monoisotopic (exact) mass is 1070 g/mol. The minimum atomic E-state index is -1.86. The minimum Gasteiger partial charge on any atom is -0.461 e. The average Bonchev–Trinajstić information content (AvgIpc) is 3.44. The van der Waals surface area contributed by atoms with Crippen LogP contribution in [0.25, 0.3) is 0 Å². The summed E-state index contributed by atoms with van der Waals surface area (Å²) in [4.78, 5) is 67.8. The van der Waals surface area contributed by atoms with Gasteiger partial charge in [-0.25, -0.2) is 4.79 Å². The van der Waals surface area contributed by atoms with Crippen molar-refractivity contribution in [1.29, 1.82) is 0 Å². The standard InChI is InChI=1S/C54H93N3O18/c1-27(2)21-39(58)71-45-34(9)44(29(4)26-67-52-48(65-16)47(64-15)41(59)37(12)70-52)73-50(62)36(11)46(72-40-22-30(5)56(14)25-32(7)68-40)33(8)43(74-51-42(60)38(55-66-17)23-31(6)69-51)28(3)24-54(13,49(61)35(45)10)75-53(63)57-19-18-20-57/h27-37,40-48,51-52,59-60H,18-26H2,1-17H3/t28-,29-,30?,31+,32-,33+,34-,35+,36+,37+,40-,41+,42+,43-,44+,45+,46-,47+,48+,51-,52+,54-/m0/s1. The molecule has 2 N–H and O–H groups in total. The van der Waals surface area contributed by atoms with Gasteiger partial charge < -0.3 is 77.0 Å². The van der Waals surface area contributed by atoms with Crippen molar-refractivity contribution >= 4 is 29.5 Å². The molecule has 0 aliphatic carbocycles. The van der Waals surface area contributed by atoms with Gasteiger partial charge in [0.2, 0.25) is 0 Å². The maximum absolute atomic E-state index is 15.7. The quantitative estimate of drug-likeness (QED) is 0.123. The number of amides is 1. The van der Waals surface area contributed by atoms with E-state index in [-0.39, 0.29) is 43.9 Å². The number of rotatable bonds is 15. The first-order valence-corrected chi connectivity index (χ1v) is 27.3. The summed E-state index contributed by atoms with van der Waals surface area (Å²) in [5.74, 6) is -7.06. The number of Topliss-reactive ketones (excluding diaryl/α,β-unsaturated/α-hetero) is 1. The Balaban J connectivity index is 1.69. The zero-order valence-corrected chi connectivity index (χ0v) is 47.8.